The number of hydrogen-bond acceptors (Lipinski definition) is 3. The largest absolute Gasteiger partial charge is 0.339 e. The van der Waals surface area contributed by atoms with Gasteiger partial charge in [-0.1, -0.05) is 0 Å². The van der Waals surface area contributed by atoms with Crippen molar-refractivity contribution in [1.29, 1.82) is 10.5 Å². The van der Waals surface area contributed by atoms with Crippen molar-refractivity contribution in [2.45, 2.75) is 0 Å². The maximum Gasteiger partial charge on any atom is 0.0991 e. The van der Waals surface area contributed by atoms with E-state index < -0.39 is 0 Å². The molecule has 0 spiro atoms. The highest BCUT2D eigenvalue weighted by molar-refractivity contribution is 6.08. The molecule has 84 valence electrons. The van der Waals surface area contributed by atoms with E-state index in [1.54, 1.807) is 28.9 Å². The summed E-state index contributed by atoms with van der Waals surface area (Å²) in [4.78, 5) is 0. The van der Waals surface area contributed by atoms with E-state index in [-0.39, 0.29) is 0 Å². The quantitative estimate of drug-likeness (QED) is 0.604. The fourth-order valence-electron chi connectivity index (χ4n) is 2.19. The first-order valence-corrected chi connectivity index (χ1v) is 5.38. The molecule has 0 aliphatic heterocycles. The van der Waals surface area contributed by atoms with Gasteiger partial charge in [0.2, 0.25) is 0 Å². The summed E-state index contributed by atoms with van der Waals surface area (Å²) < 4.78 is 1.58. The van der Waals surface area contributed by atoms with Gasteiger partial charge in [-0.25, -0.2) is 0 Å². The van der Waals surface area contributed by atoms with Crippen LogP contribution in [0.1, 0.15) is 11.1 Å². The minimum atomic E-state index is 0.581. The third-order valence-corrected chi connectivity index (χ3v) is 3.06. The summed E-state index contributed by atoms with van der Waals surface area (Å²) in [7, 11) is 0. The SMILES string of the molecule is N#Cc1ccc2c(c1)c1cc(C#N)ccc1n2N. The summed E-state index contributed by atoms with van der Waals surface area (Å²) in [5.74, 6) is 6.01. The number of nitrogens with two attached hydrogens (primary N) is 1. The van der Waals surface area contributed by atoms with Gasteiger partial charge in [0, 0.05) is 10.8 Å². The van der Waals surface area contributed by atoms with Crippen molar-refractivity contribution in [2.24, 2.45) is 0 Å². The van der Waals surface area contributed by atoms with Crippen LogP contribution < -0.4 is 5.84 Å². The summed E-state index contributed by atoms with van der Waals surface area (Å²) in [5.41, 5.74) is 2.85. The first-order chi connectivity index (χ1) is 8.74. The fraction of sp³-hybridized carbons (Fsp3) is 0. The van der Waals surface area contributed by atoms with Crippen molar-refractivity contribution in [3.8, 4) is 12.1 Å². The van der Waals surface area contributed by atoms with Gasteiger partial charge in [-0.05, 0) is 36.4 Å². The predicted octanol–water partition coefficient (Wildman–Crippen LogP) is 2.25. The van der Waals surface area contributed by atoms with E-state index in [4.69, 9.17) is 16.4 Å². The maximum atomic E-state index is 8.94. The number of fused-ring (bicyclic) bond motifs is 3. The molecule has 0 amide bonds. The van der Waals surface area contributed by atoms with Gasteiger partial charge in [0.1, 0.15) is 0 Å². The molecule has 1 aromatic heterocycles. The number of hydrogen-bond donors (Lipinski definition) is 1. The number of aromatic nitrogens is 1. The van der Waals surface area contributed by atoms with Gasteiger partial charge >= 0.3 is 0 Å². The van der Waals surface area contributed by atoms with Crippen molar-refractivity contribution in [3.63, 3.8) is 0 Å². The summed E-state index contributed by atoms with van der Waals surface area (Å²) >= 11 is 0. The lowest BCUT2D eigenvalue weighted by atomic mass is 10.1. The molecular formula is C14H8N4. The molecule has 0 fully saturated rings. The molecule has 4 nitrogen and oxygen atoms in total. The summed E-state index contributed by atoms with van der Waals surface area (Å²) in [6, 6.07) is 14.9. The van der Waals surface area contributed by atoms with Gasteiger partial charge in [-0.15, -0.1) is 0 Å². The number of benzene rings is 2. The molecular weight excluding hydrogens is 224 g/mol. The van der Waals surface area contributed by atoms with Crippen LogP contribution in [0.3, 0.4) is 0 Å². The van der Waals surface area contributed by atoms with Gasteiger partial charge in [-0.2, -0.15) is 10.5 Å². The van der Waals surface area contributed by atoms with Crippen molar-refractivity contribution < 1.29 is 0 Å². The zero-order valence-corrected chi connectivity index (χ0v) is 9.38. The Bertz CT molecular complexity index is 788. The number of nitrogens with zero attached hydrogens (tertiary/aromatic N) is 3. The second-order valence-corrected chi connectivity index (χ2v) is 4.06. The van der Waals surface area contributed by atoms with Crippen LogP contribution in [0.4, 0.5) is 0 Å². The molecule has 0 aliphatic rings. The van der Waals surface area contributed by atoms with E-state index in [0.717, 1.165) is 21.8 Å². The maximum absolute atomic E-state index is 8.94. The third kappa shape index (κ3) is 1.24. The highest BCUT2D eigenvalue weighted by atomic mass is 15.3. The smallest absolute Gasteiger partial charge is 0.0991 e. The zero-order chi connectivity index (χ0) is 12.7. The zero-order valence-electron chi connectivity index (χ0n) is 9.38. The van der Waals surface area contributed by atoms with Gasteiger partial charge in [0.05, 0.1) is 34.3 Å². The van der Waals surface area contributed by atoms with Crippen molar-refractivity contribution >= 4 is 21.8 Å². The molecule has 0 saturated heterocycles. The lowest BCUT2D eigenvalue weighted by Crippen LogP contribution is -2.06. The number of nitrogen functional groups attached to an aromatic ring is 1. The summed E-state index contributed by atoms with van der Waals surface area (Å²) in [6.45, 7) is 0. The monoisotopic (exact) mass is 232 g/mol. The van der Waals surface area contributed by atoms with Crippen LogP contribution in [-0.2, 0) is 0 Å². The lowest BCUT2D eigenvalue weighted by molar-refractivity contribution is 1.12. The Morgan fingerprint density at radius 2 is 1.28 bits per heavy atom. The molecule has 0 atom stereocenters. The van der Waals surface area contributed by atoms with Crippen LogP contribution in [0.15, 0.2) is 36.4 Å². The van der Waals surface area contributed by atoms with Crippen LogP contribution in [0.5, 0.6) is 0 Å². The molecule has 0 saturated carbocycles. The van der Waals surface area contributed by atoms with Crippen LogP contribution in [0.25, 0.3) is 21.8 Å². The molecule has 1 heterocycles. The summed E-state index contributed by atoms with van der Waals surface area (Å²) in [6.07, 6.45) is 0. The molecule has 0 aliphatic carbocycles. The van der Waals surface area contributed by atoms with Crippen molar-refractivity contribution in [2.75, 3.05) is 5.84 Å². The Morgan fingerprint density at radius 3 is 1.67 bits per heavy atom. The first-order valence-electron chi connectivity index (χ1n) is 5.38. The Morgan fingerprint density at radius 1 is 0.833 bits per heavy atom. The van der Waals surface area contributed by atoms with E-state index in [2.05, 4.69) is 12.1 Å². The minimum Gasteiger partial charge on any atom is -0.339 e. The van der Waals surface area contributed by atoms with Gasteiger partial charge in [-0.3, -0.25) is 4.68 Å². The van der Waals surface area contributed by atoms with E-state index in [0.29, 0.717) is 11.1 Å². The third-order valence-electron chi connectivity index (χ3n) is 3.06. The highest BCUT2D eigenvalue weighted by Crippen LogP contribution is 2.28. The standard InChI is InChI=1S/C14H8N4/c15-7-9-1-3-13-11(5-9)12-6-10(8-16)2-4-14(12)18(13)17/h1-6H,17H2. The molecule has 2 N–H and O–H groups in total. The molecule has 2 aromatic carbocycles. The topological polar surface area (TPSA) is 78.5 Å². The molecule has 0 unspecified atom stereocenters. The van der Waals surface area contributed by atoms with Crippen LogP contribution in [0, 0.1) is 22.7 Å². The van der Waals surface area contributed by atoms with E-state index in [9.17, 15) is 0 Å². The van der Waals surface area contributed by atoms with E-state index in [1.807, 2.05) is 12.1 Å². The van der Waals surface area contributed by atoms with Crippen LogP contribution in [0.2, 0.25) is 0 Å². The molecule has 3 aromatic rings. The Balaban J connectivity index is 2.54. The van der Waals surface area contributed by atoms with E-state index >= 15 is 0 Å². The molecule has 3 rings (SSSR count). The highest BCUT2D eigenvalue weighted by Gasteiger charge is 2.09. The normalized spacial score (nSPS) is 10.3. The Hall–Kier alpha value is -2.98. The molecule has 0 radical (unpaired) electrons. The predicted molar refractivity (Wildman–Crippen MR) is 69.0 cm³/mol. The average Bonchev–Trinajstić information content (AvgIpc) is 2.71. The van der Waals surface area contributed by atoms with E-state index in [1.165, 1.54) is 0 Å². The minimum absolute atomic E-state index is 0.581. The number of nitriles is 2. The average molecular weight is 232 g/mol. The van der Waals surface area contributed by atoms with Crippen molar-refractivity contribution in [1.82, 2.24) is 4.68 Å². The molecule has 0 bridgehead atoms. The summed E-state index contributed by atoms with van der Waals surface area (Å²) in [5, 5.41) is 19.7. The van der Waals surface area contributed by atoms with Gasteiger partial charge < -0.3 is 5.84 Å². The number of rotatable bonds is 0. The Labute approximate surface area is 103 Å². The van der Waals surface area contributed by atoms with Crippen LogP contribution in [-0.4, -0.2) is 4.68 Å². The van der Waals surface area contributed by atoms with Gasteiger partial charge in [0.25, 0.3) is 0 Å². The molecule has 18 heavy (non-hydrogen) atoms. The van der Waals surface area contributed by atoms with Crippen molar-refractivity contribution in [3.05, 3.63) is 47.5 Å². The Kier molecular flexibility index (Phi) is 1.99. The first kappa shape index (κ1) is 10.2. The second-order valence-electron chi connectivity index (χ2n) is 4.06. The second kappa shape index (κ2) is 3.51. The molecule has 4 heteroatoms. The fourth-order valence-corrected chi connectivity index (χ4v) is 2.19. The van der Waals surface area contributed by atoms with Crippen LogP contribution >= 0.6 is 0 Å². The lowest BCUT2D eigenvalue weighted by Gasteiger charge is -1.97. The van der Waals surface area contributed by atoms with Gasteiger partial charge in [0.15, 0.2) is 0 Å².